The second-order valence-corrected chi connectivity index (χ2v) is 12.7. The second kappa shape index (κ2) is 20.1. The van der Waals surface area contributed by atoms with Crippen molar-refractivity contribution >= 4 is 17.3 Å². The summed E-state index contributed by atoms with van der Waals surface area (Å²) in [6, 6.07) is 8.68. The van der Waals surface area contributed by atoms with Gasteiger partial charge in [0.1, 0.15) is 17.3 Å². The molecule has 0 amide bonds. The second-order valence-electron chi connectivity index (χ2n) is 12.7. The number of nitrogens with one attached hydrogen (secondary N) is 2. The minimum Gasteiger partial charge on any atom is -0.383 e. The van der Waals surface area contributed by atoms with Crippen LogP contribution in [0.25, 0.3) is 11.6 Å². The van der Waals surface area contributed by atoms with Gasteiger partial charge in [-0.25, -0.2) is 9.37 Å². The van der Waals surface area contributed by atoms with E-state index in [4.69, 9.17) is 4.98 Å². The van der Waals surface area contributed by atoms with Crippen LogP contribution in [0, 0.1) is 11.7 Å². The molecule has 2 aromatic heterocycles. The van der Waals surface area contributed by atoms with E-state index < -0.39 is 0 Å². The van der Waals surface area contributed by atoms with Gasteiger partial charge in [0.25, 0.3) is 5.56 Å². The van der Waals surface area contributed by atoms with E-state index in [-0.39, 0.29) is 11.4 Å². The van der Waals surface area contributed by atoms with Crippen LogP contribution in [0.4, 0.5) is 10.1 Å². The number of pyridine rings is 1. The molecule has 4 rings (SSSR count). The summed E-state index contributed by atoms with van der Waals surface area (Å²) in [7, 11) is 0. The van der Waals surface area contributed by atoms with Gasteiger partial charge in [0.15, 0.2) is 0 Å². The van der Waals surface area contributed by atoms with Gasteiger partial charge in [-0.15, -0.1) is 0 Å². The first-order valence-electron chi connectivity index (χ1n) is 17.8. The first-order chi connectivity index (χ1) is 23.7. The Morgan fingerprint density at radius 3 is 2.47 bits per heavy atom. The van der Waals surface area contributed by atoms with Crippen LogP contribution < -0.4 is 16.2 Å². The van der Waals surface area contributed by atoms with Crippen molar-refractivity contribution in [2.24, 2.45) is 5.92 Å². The number of aromatic nitrogens is 3. The fourth-order valence-corrected chi connectivity index (χ4v) is 5.57. The summed E-state index contributed by atoms with van der Waals surface area (Å²) in [5, 5.41) is 7.02. The Bertz CT molecular complexity index is 1690. The standard InChI is InChI=1S/C40H50FN5O.C2H6/c1-7-9-13-32(8-2)39-45-26-37(43-21-11-12-31-16-18-35(41)19-17-31)40(47)46(39)27-38(33-14-10-15-33)44-24-29(5)23-34-25-42-22-20-36(34)30(6)28(3)4;1-2/h7-9,13,16-20,22-23,25-26,28,30,43-44H,2,10-12,14-15,21,24,27H2,1,3-6H3;1-2H3/b9-7-,29-23+,32-13+;. The van der Waals surface area contributed by atoms with E-state index in [9.17, 15) is 9.18 Å². The van der Waals surface area contributed by atoms with Crippen LogP contribution in [0.5, 0.6) is 0 Å². The maximum atomic E-state index is 14.1. The summed E-state index contributed by atoms with van der Waals surface area (Å²) in [6.45, 7) is 20.5. The zero-order valence-electron chi connectivity index (χ0n) is 30.7. The number of aryl methyl sites for hydroxylation is 1. The molecule has 2 N–H and O–H groups in total. The van der Waals surface area contributed by atoms with E-state index in [2.05, 4.69) is 62.0 Å². The van der Waals surface area contributed by atoms with Crippen LogP contribution in [-0.2, 0) is 13.0 Å². The smallest absolute Gasteiger partial charge is 0.277 e. The van der Waals surface area contributed by atoms with Crippen LogP contribution >= 0.6 is 0 Å². The Labute approximate surface area is 293 Å². The fourth-order valence-electron chi connectivity index (χ4n) is 5.57. The molecule has 0 bridgehead atoms. The number of allylic oxidation sites excluding steroid dienone is 7. The zero-order chi connectivity index (χ0) is 35.8. The van der Waals surface area contributed by atoms with E-state index in [1.165, 1.54) is 28.8 Å². The largest absolute Gasteiger partial charge is 0.383 e. The lowest BCUT2D eigenvalue weighted by Crippen LogP contribution is -2.32. The normalized spacial score (nSPS) is 13.9. The third kappa shape index (κ3) is 11.3. The molecule has 1 atom stereocenters. The summed E-state index contributed by atoms with van der Waals surface area (Å²) in [5.41, 5.74) is 8.23. The number of benzene rings is 1. The highest BCUT2D eigenvalue weighted by atomic mass is 19.1. The molecular weight excluding hydrogens is 609 g/mol. The predicted molar refractivity (Wildman–Crippen MR) is 206 cm³/mol. The molecule has 3 aromatic rings. The molecule has 2 heterocycles. The minimum absolute atomic E-state index is 0.126. The van der Waals surface area contributed by atoms with Gasteiger partial charge >= 0.3 is 0 Å². The zero-order valence-corrected chi connectivity index (χ0v) is 30.7. The lowest BCUT2D eigenvalue weighted by molar-refractivity contribution is 0.534. The lowest BCUT2D eigenvalue weighted by Gasteiger charge is -2.25. The van der Waals surface area contributed by atoms with Gasteiger partial charge in [-0.05, 0) is 98.2 Å². The van der Waals surface area contributed by atoms with Crippen molar-refractivity contribution in [3.05, 3.63) is 135 Å². The van der Waals surface area contributed by atoms with E-state index in [1.807, 2.05) is 51.4 Å². The molecule has 0 aliphatic heterocycles. The Morgan fingerprint density at radius 2 is 1.84 bits per heavy atom. The quantitative estimate of drug-likeness (QED) is 0.118. The predicted octanol–water partition coefficient (Wildman–Crippen LogP) is 9.88. The highest BCUT2D eigenvalue weighted by Crippen LogP contribution is 2.30. The first kappa shape index (κ1) is 38.9. The molecule has 6 nitrogen and oxygen atoms in total. The number of halogens is 1. The molecule has 1 aromatic carbocycles. The first-order valence-corrected chi connectivity index (χ1v) is 17.8. The van der Waals surface area contributed by atoms with Crippen LogP contribution in [0.15, 0.2) is 101 Å². The summed E-state index contributed by atoms with van der Waals surface area (Å²) in [6.07, 6.45) is 20.0. The van der Waals surface area contributed by atoms with Crippen LogP contribution in [0.3, 0.4) is 0 Å². The van der Waals surface area contributed by atoms with Crippen molar-refractivity contribution in [3.8, 4) is 0 Å². The highest BCUT2D eigenvalue weighted by Gasteiger charge is 2.20. The number of anilines is 1. The monoisotopic (exact) mass is 665 g/mol. The van der Waals surface area contributed by atoms with Gasteiger partial charge in [0.2, 0.25) is 0 Å². The fraction of sp³-hybridized carbons (Fsp3) is 0.405. The van der Waals surface area contributed by atoms with Gasteiger partial charge < -0.3 is 10.6 Å². The maximum Gasteiger partial charge on any atom is 0.277 e. The lowest BCUT2D eigenvalue weighted by atomic mass is 9.87. The molecular formula is C42H56FN5O. The van der Waals surface area contributed by atoms with Crippen LogP contribution in [0.2, 0.25) is 0 Å². The summed E-state index contributed by atoms with van der Waals surface area (Å²) in [5.74, 6) is 1.29. The number of nitrogens with zero attached hydrogens (tertiary/aromatic N) is 3. The Hall–Kier alpha value is -4.52. The average Bonchev–Trinajstić information content (AvgIpc) is 3.08. The molecule has 0 saturated heterocycles. The van der Waals surface area contributed by atoms with Crippen molar-refractivity contribution in [1.82, 2.24) is 19.9 Å². The third-order valence-electron chi connectivity index (χ3n) is 8.92. The molecule has 1 saturated carbocycles. The van der Waals surface area contributed by atoms with Crippen molar-refractivity contribution in [2.45, 2.75) is 93.0 Å². The molecule has 262 valence electrons. The highest BCUT2D eigenvalue weighted by molar-refractivity contribution is 5.71. The number of hydrogen-bond donors (Lipinski definition) is 2. The van der Waals surface area contributed by atoms with Gasteiger partial charge in [0.05, 0.1) is 12.7 Å². The Kier molecular flexibility index (Phi) is 16.0. The summed E-state index contributed by atoms with van der Waals surface area (Å²) >= 11 is 0. The van der Waals surface area contributed by atoms with Crippen molar-refractivity contribution in [1.29, 1.82) is 0 Å². The topological polar surface area (TPSA) is 71.8 Å². The molecule has 49 heavy (non-hydrogen) atoms. The van der Waals surface area contributed by atoms with Gasteiger partial charge in [0, 0.05) is 36.8 Å². The van der Waals surface area contributed by atoms with E-state index in [1.54, 1.807) is 29.0 Å². The van der Waals surface area contributed by atoms with E-state index in [0.717, 1.165) is 54.5 Å². The molecule has 0 radical (unpaired) electrons. The number of hydrogen-bond acceptors (Lipinski definition) is 5. The maximum absolute atomic E-state index is 14.1. The van der Waals surface area contributed by atoms with Gasteiger partial charge in [-0.1, -0.05) is 89.3 Å². The molecule has 7 heteroatoms. The Balaban J connectivity index is 0.00000319. The molecule has 1 fully saturated rings. The molecule has 1 aliphatic rings. The van der Waals surface area contributed by atoms with Crippen LogP contribution in [-0.4, -0.2) is 27.6 Å². The van der Waals surface area contributed by atoms with Crippen LogP contribution in [0.1, 0.15) is 103 Å². The van der Waals surface area contributed by atoms with E-state index in [0.29, 0.717) is 43.0 Å². The summed E-state index contributed by atoms with van der Waals surface area (Å²) < 4.78 is 15.0. The van der Waals surface area contributed by atoms with Gasteiger partial charge in [-0.3, -0.25) is 14.3 Å². The molecule has 1 aliphatic carbocycles. The minimum atomic E-state index is -0.239. The molecule has 1 unspecified atom stereocenters. The average molecular weight is 666 g/mol. The summed E-state index contributed by atoms with van der Waals surface area (Å²) in [4.78, 5) is 23.2. The number of rotatable bonds is 16. The van der Waals surface area contributed by atoms with Gasteiger partial charge in [-0.2, -0.15) is 0 Å². The van der Waals surface area contributed by atoms with Crippen molar-refractivity contribution < 1.29 is 4.39 Å². The van der Waals surface area contributed by atoms with E-state index >= 15 is 0 Å². The Morgan fingerprint density at radius 1 is 1.10 bits per heavy atom. The van der Waals surface area contributed by atoms with Crippen molar-refractivity contribution in [2.75, 3.05) is 18.4 Å². The SMILES string of the molecule is C=C/C(=C\C=C/C)c1ncc(NCCCc2ccc(F)cc2)c(=O)n1CC(NC/C(C)=C/c1cnccc1C(C)C(C)C)=C1CCC1.CC. The van der Waals surface area contributed by atoms with Crippen molar-refractivity contribution in [3.63, 3.8) is 0 Å². The third-order valence-corrected chi connectivity index (χ3v) is 8.92. The molecule has 0 spiro atoms.